The minimum atomic E-state index is -0.681. The molecule has 1 N–H and O–H groups in total. The summed E-state index contributed by atoms with van der Waals surface area (Å²) in [5.41, 5.74) is 3.47. The molecule has 2 heterocycles. The Kier molecular flexibility index (Phi) is 5.07. The summed E-state index contributed by atoms with van der Waals surface area (Å²) in [5, 5.41) is 0. The lowest BCUT2D eigenvalue weighted by molar-refractivity contribution is -0.0849. The van der Waals surface area contributed by atoms with Gasteiger partial charge in [0.05, 0.1) is 7.11 Å². The first-order valence-electron chi connectivity index (χ1n) is 8.92. The van der Waals surface area contributed by atoms with Gasteiger partial charge >= 0.3 is 0 Å². The van der Waals surface area contributed by atoms with Crippen LogP contribution in [-0.4, -0.2) is 42.6 Å². The number of aliphatic imine (C=N–C) groups is 1. The van der Waals surface area contributed by atoms with Crippen molar-refractivity contribution in [3.63, 3.8) is 0 Å². The van der Waals surface area contributed by atoms with Crippen molar-refractivity contribution in [2.45, 2.75) is 18.6 Å². The first kappa shape index (κ1) is 18.9. The number of ether oxygens (including phenoxy) is 1. The molecule has 0 atom stereocenters. The van der Waals surface area contributed by atoms with Crippen LogP contribution in [0.25, 0.3) is 0 Å². The maximum absolute atomic E-state index is 13.9. The van der Waals surface area contributed by atoms with Crippen molar-refractivity contribution in [3.8, 4) is 5.75 Å². The number of amidine groups is 1. The Morgan fingerprint density at radius 3 is 2.75 bits per heavy atom. The zero-order chi connectivity index (χ0) is 19.7. The van der Waals surface area contributed by atoms with Gasteiger partial charge in [0.25, 0.3) is 5.91 Å². The molecule has 2 aromatic rings. The van der Waals surface area contributed by atoms with E-state index in [0.29, 0.717) is 37.3 Å². The summed E-state index contributed by atoms with van der Waals surface area (Å²) in [6.45, 7) is 0.951. The van der Waals surface area contributed by atoms with E-state index in [1.54, 1.807) is 11.0 Å². The predicted molar refractivity (Wildman–Crippen MR) is 106 cm³/mol. The quantitative estimate of drug-likeness (QED) is 0.781. The van der Waals surface area contributed by atoms with Gasteiger partial charge in [-0.15, -0.1) is 0 Å². The molecular formula is C20H19BrFN3O3. The zero-order valence-electron chi connectivity index (χ0n) is 15.2. The molecule has 1 spiro atoms. The minimum absolute atomic E-state index is 0.119. The number of halogens is 2. The third kappa shape index (κ3) is 3.62. The van der Waals surface area contributed by atoms with E-state index in [9.17, 15) is 9.18 Å². The smallest absolute Gasteiger partial charge is 0.253 e. The van der Waals surface area contributed by atoms with Gasteiger partial charge in [0.15, 0.2) is 23.1 Å². The topological polar surface area (TPSA) is 63.2 Å². The molecule has 0 saturated carbocycles. The molecule has 2 aromatic carbocycles. The Bertz CT molecular complexity index is 942. The number of methoxy groups -OCH3 is 1. The number of likely N-dealkylation sites (tertiary alicyclic amines) is 1. The van der Waals surface area contributed by atoms with Crippen LogP contribution in [0.3, 0.4) is 0 Å². The van der Waals surface area contributed by atoms with Gasteiger partial charge in [-0.3, -0.25) is 4.79 Å². The Morgan fingerprint density at radius 1 is 1.29 bits per heavy atom. The Balaban J connectivity index is 1.44. The molecule has 28 heavy (non-hydrogen) atoms. The normalized spacial score (nSPS) is 18.0. The van der Waals surface area contributed by atoms with Crippen molar-refractivity contribution in [2.75, 3.05) is 20.2 Å². The van der Waals surface area contributed by atoms with Gasteiger partial charge in [-0.05, 0) is 30.3 Å². The summed E-state index contributed by atoms with van der Waals surface area (Å²) in [5.74, 6) is 0.0410. The Morgan fingerprint density at radius 2 is 2.07 bits per heavy atom. The second-order valence-corrected chi connectivity index (χ2v) is 7.68. The van der Waals surface area contributed by atoms with Gasteiger partial charge in [-0.2, -0.15) is 0 Å². The van der Waals surface area contributed by atoms with Crippen LogP contribution >= 0.6 is 15.9 Å². The number of piperidine rings is 1. The van der Waals surface area contributed by atoms with Crippen LogP contribution < -0.4 is 10.2 Å². The number of hydroxylamine groups is 1. The second-order valence-electron chi connectivity index (χ2n) is 6.76. The van der Waals surface area contributed by atoms with Crippen LogP contribution in [-0.2, 0) is 4.84 Å². The maximum Gasteiger partial charge on any atom is 0.253 e. The van der Waals surface area contributed by atoms with Crippen molar-refractivity contribution in [1.29, 1.82) is 0 Å². The summed E-state index contributed by atoms with van der Waals surface area (Å²) in [6, 6.07) is 12.0. The number of carbonyl (C=O) groups excluding carboxylic acids is 1. The van der Waals surface area contributed by atoms with Gasteiger partial charge in [-0.25, -0.2) is 19.7 Å². The molecular weight excluding hydrogens is 429 g/mol. The highest BCUT2D eigenvalue weighted by Crippen LogP contribution is 2.32. The fourth-order valence-corrected chi connectivity index (χ4v) is 3.81. The van der Waals surface area contributed by atoms with Gasteiger partial charge < -0.3 is 9.64 Å². The predicted octanol–water partition coefficient (Wildman–Crippen LogP) is 3.51. The maximum atomic E-state index is 13.9. The van der Waals surface area contributed by atoms with Crippen molar-refractivity contribution in [1.82, 2.24) is 10.4 Å². The SMILES string of the molecule is COc1ccc(C(=O)N2CCC3(CC2)N=C(c2cccc(Br)c2)NO3)cc1F. The average molecular weight is 448 g/mol. The highest BCUT2D eigenvalue weighted by atomic mass is 79.9. The molecule has 0 bridgehead atoms. The van der Waals surface area contributed by atoms with Gasteiger partial charge in [0, 0.05) is 41.5 Å². The van der Waals surface area contributed by atoms with Crippen LogP contribution in [0.2, 0.25) is 0 Å². The summed E-state index contributed by atoms with van der Waals surface area (Å²) in [6.07, 6.45) is 1.11. The number of benzene rings is 2. The highest BCUT2D eigenvalue weighted by molar-refractivity contribution is 9.10. The molecule has 1 saturated heterocycles. The van der Waals surface area contributed by atoms with E-state index in [0.717, 1.165) is 10.0 Å². The van der Waals surface area contributed by atoms with Gasteiger partial charge in [0.1, 0.15) is 0 Å². The first-order chi connectivity index (χ1) is 13.5. The van der Waals surface area contributed by atoms with E-state index in [4.69, 9.17) is 14.6 Å². The summed E-state index contributed by atoms with van der Waals surface area (Å²) in [4.78, 5) is 24.9. The van der Waals surface area contributed by atoms with Crippen molar-refractivity contribution in [3.05, 3.63) is 63.9 Å². The van der Waals surface area contributed by atoms with Crippen LogP contribution in [0.5, 0.6) is 5.75 Å². The Hall–Kier alpha value is -2.45. The number of hydrogen-bond donors (Lipinski definition) is 1. The van der Waals surface area contributed by atoms with Crippen LogP contribution in [0, 0.1) is 5.82 Å². The van der Waals surface area contributed by atoms with Crippen molar-refractivity contribution < 1.29 is 18.8 Å². The molecule has 146 valence electrons. The molecule has 0 unspecified atom stereocenters. The number of hydrogen-bond acceptors (Lipinski definition) is 5. The highest BCUT2D eigenvalue weighted by Gasteiger charge is 2.41. The molecule has 4 rings (SSSR count). The largest absolute Gasteiger partial charge is 0.494 e. The molecule has 0 radical (unpaired) electrons. The average Bonchev–Trinajstić information content (AvgIpc) is 3.11. The third-order valence-electron chi connectivity index (χ3n) is 4.98. The second kappa shape index (κ2) is 7.52. The molecule has 8 heteroatoms. The fraction of sp³-hybridized carbons (Fsp3) is 0.300. The van der Waals surface area contributed by atoms with E-state index in [1.165, 1.54) is 19.2 Å². The monoisotopic (exact) mass is 447 g/mol. The molecule has 1 fully saturated rings. The van der Waals surface area contributed by atoms with E-state index < -0.39 is 11.5 Å². The number of rotatable bonds is 3. The number of amides is 1. The lowest BCUT2D eigenvalue weighted by Crippen LogP contribution is -2.46. The van der Waals surface area contributed by atoms with Gasteiger partial charge in [-0.1, -0.05) is 28.1 Å². The number of nitrogens with one attached hydrogen (secondary N) is 1. The van der Waals surface area contributed by atoms with E-state index in [2.05, 4.69) is 21.4 Å². The Labute approximate surface area is 170 Å². The van der Waals surface area contributed by atoms with Crippen LogP contribution in [0.1, 0.15) is 28.8 Å². The molecule has 2 aliphatic heterocycles. The van der Waals surface area contributed by atoms with E-state index >= 15 is 0 Å². The molecule has 0 aliphatic carbocycles. The molecule has 6 nitrogen and oxygen atoms in total. The lowest BCUT2D eigenvalue weighted by atomic mass is 10.00. The van der Waals surface area contributed by atoms with E-state index in [-0.39, 0.29) is 11.7 Å². The third-order valence-corrected chi connectivity index (χ3v) is 5.48. The van der Waals surface area contributed by atoms with Crippen molar-refractivity contribution >= 4 is 27.7 Å². The number of nitrogens with zero attached hydrogens (tertiary/aromatic N) is 2. The minimum Gasteiger partial charge on any atom is -0.494 e. The van der Waals surface area contributed by atoms with Gasteiger partial charge in [0.2, 0.25) is 0 Å². The summed E-state index contributed by atoms with van der Waals surface area (Å²) < 4.78 is 19.8. The zero-order valence-corrected chi connectivity index (χ0v) is 16.8. The first-order valence-corrected chi connectivity index (χ1v) is 9.72. The summed E-state index contributed by atoms with van der Waals surface area (Å²) in [7, 11) is 1.39. The molecule has 2 aliphatic rings. The van der Waals surface area contributed by atoms with Crippen molar-refractivity contribution in [2.24, 2.45) is 4.99 Å². The van der Waals surface area contributed by atoms with Crippen LogP contribution in [0.4, 0.5) is 4.39 Å². The molecule has 1 amide bonds. The van der Waals surface area contributed by atoms with Crippen LogP contribution in [0.15, 0.2) is 51.9 Å². The lowest BCUT2D eigenvalue weighted by Gasteiger charge is -2.35. The molecule has 0 aromatic heterocycles. The summed E-state index contributed by atoms with van der Waals surface area (Å²) >= 11 is 3.45. The number of carbonyl (C=O) groups is 1. The fourth-order valence-electron chi connectivity index (χ4n) is 3.41. The van der Waals surface area contributed by atoms with E-state index in [1.807, 2.05) is 24.3 Å². The standard InChI is InChI=1S/C20H19BrFN3O3/c1-27-17-6-5-14(12-16(17)22)19(26)25-9-7-20(8-10-25)23-18(24-28-20)13-3-2-4-15(21)11-13/h2-6,11-12H,7-10H2,1H3,(H,23,24).